The number of aryl methyl sites for hydroxylation is 1. The van der Waals surface area contributed by atoms with E-state index in [2.05, 4.69) is 4.98 Å². The fourth-order valence-electron chi connectivity index (χ4n) is 2.34. The molecule has 2 aromatic rings. The summed E-state index contributed by atoms with van der Waals surface area (Å²) in [6, 6.07) is 5.93. The fourth-order valence-corrected chi connectivity index (χ4v) is 2.34. The SMILES string of the molecule is Cc1cccc2c1[nH]c(=O)n2C1CCCO1. The first-order chi connectivity index (χ1) is 7.77. The molecule has 1 saturated heterocycles. The van der Waals surface area contributed by atoms with E-state index in [4.69, 9.17) is 4.74 Å². The van der Waals surface area contributed by atoms with Gasteiger partial charge in [0, 0.05) is 6.61 Å². The van der Waals surface area contributed by atoms with Crippen LogP contribution in [0.3, 0.4) is 0 Å². The second kappa shape index (κ2) is 3.49. The molecule has 1 aliphatic heterocycles. The van der Waals surface area contributed by atoms with Gasteiger partial charge in [0.05, 0.1) is 11.0 Å². The number of ether oxygens (including phenoxy) is 1. The minimum atomic E-state index is -0.0944. The highest BCUT2D eigenvalue weighted by atomic mass is 16.5. The topological polar surface area (TPSA) is 47.0 Å². The van der Waals surface area contributed by atoms with Crippen molar-refractivity contribution in [1.29, 1.82) is 0 Å². The molecule has 0 bridgehead atoms. The highest BCUT2D eigenvalue weighted by molar-refractivity contribution is 5.78. The number of imidazole rings is 1. The number of nitrogens with one attached hydrogen (secondary N) is 1. The van der Waals surface area contributed by atoms with Crippen LogP contribution >= 0.6 is 0 Å². The Morgan fingerprint density at radius 1 is 1.50 bits per heavy atom. The second-order valence-corrected chi connectivity index (χ2v) is 4.24. The summed E-state index contributed by atoms with van der Waals surface area (Å²) in [6.45, 7) is 2.74. The third kappa shape index (κ3) is 1.30. The maximum atomic E-state index is 11.9. The second-order valence-electron chi connectivity index (χ2n) is 4.24. The van der Waals surface area contributed by atoms with Crippen LogP contribution in [0.25, 0.3) is 11.0 Å². The van der Waals surface area contributed by atoms with Crippen LogP contribution in [0.15, 0.2) is 23.0 Å². The van der Waals surface area contributed by atoms with Gasteiger partial charge in [-0.25, -0.2) is 4.79 Å². The fraction of sp³-hybridized carbons (Fsp3) is 0.417. The number of hydrogen-bond acceptors (Lipinski definition) is 2. The van der Waals surface area contributed by atoms with Gasteiger partial charge in [-0.05, 0) is 31.4 Å². The van der Waals surface area contributed by atoms with Crippen LogP contribution in [0.2, 0.25) is 0 Å². The van der Waals surface area contributed by atoms with Crippen molar-refractivity contribution in [3.63, 3.8) is 0 Å². The van der Waals surface area contributed by atoms with Gasteiger partial charge in [0.15, 0.2) is 0 Å². The Morgan fingerprint density at radius 3 is 3.12 bits per heavy atom. The third-order valence-electron chi connectivity index (χ3n) is 3.15. The number of fused-ring (bicyclic) bond motifs is 1. The van der Waals surface area contributed by atoms with Gasteiger partial charge in [0.25, 0.3) is 0 Å². The monoisotopic (exact) mass is 218 g/mol. The van der Waals surface area contributed by atoms with Gasteiger partial charge >= 0.3 is 5.69 Å². The molecule has 2 heterocycles. The van der Waals surface area contributed by atoms with E-state index in [9.17, 15) is 4.79 Å². The van der Waals surface area contributed by atoms with E-state index in [1.54, 1.807) is 4.57 Å². The van der Waals surface area contributed by atoms with Gasteiger partial charge in [-0.1, -0.05) is 12.1 Å². The number of aromatic amines is 1. The zero-order valence-electron chi connectivity index (χ0n) is 9.19. The van der Waals surface area contributed by atoms with Crippen LogP contribution in [0, 0.1) is 6.92 Å². The molecule has 16 heavy (non-hydrogen) atoms. The van der Waals surface area contributed by atoms with E-state index < -0.39 is 0 Å². The summed E-state index contributed by atoms with van der Waals surface area (Å²) in [6.07, 6.45) is 1.85. The van der Waals surface area contributed by atoms with Gasteiger partial charge in [-0.3, -0.25) is 4.57 Å². The number of rotatable bonds is 1. The molecular weight excluding hydrogens is 204 g/mol. The van der Waals surface area contributed by atoms with Gasteiger partial charge < -0.3 is 9.72 Å². The van der Waals surface area contributed by atoms with Gasteiger partial charge in [-0.15, -0.1) is 0 Å². The minimum absolute atomic E-state index is 0.0730. The molecule has 0 spiro atoms. The van der Waals surface area contributed by atoms with Gasteiger partial charge in [0.1, 0.15) is 6.23 Å². The predicted octanol–water partition coefficient (Wildman–Crippen LogP) is 1.95. The first-order valence-electron chi connectivity index (χ1n) is 5.59. The molecule has 0 radical (unpaired) electrons. The van der Waals surface area contributed by atoms with Gasteiger partial charge in [-0.2, -0.15) is 0 Å². The molecule has 3 rings (SSSR count). The van der Waals surface area contributed by atoms with Crippen molar-refractivity contribution in [3.8, 4) is 0 Å². The van der Waals surface area contributed by atoms with Crippen molar-refractivity contribution in [3.05, 3.63) is 34.2 Å². The molecule has 1 unspecified atom stereocenters. The first-order valence-corrected chi connectivity index (χ1v) is 5.59. The van der Waals surface area contributed by atoms with E-state index in [1.165, 1.54) is 0 Å². The zero-order valence-corrected chi connectivity index (χ0v) is 9.19. The normalized spacial score (nSPS) is 20.7. The lowest BCUT2D eigenvalue weighted by atomic mass is 10.2. The van der Waals surface area contributed by atoms with Crippen LogP contribution in [0.1, 0.15) is 24.6 Å². The zero-order chi connectivity index (χ0) is 11.1. The summed E-state index contributed by atoms with van der Waals surface area (Å²) in [5.41, 5.74) is 2.88. The van der Waals surface area contributed by atoms with Gasteiger partial charge in [0.2, 0.25) is 0 Å². The Balaban J connectivity index is 2.27. The largest absolute Gasteiger partial charge is 0.358 e. The molecule has 1 N–H and O–H groups in total. The highest BCUT2D eigenvalue weighted by Gasteiger charge is 2.21. The number of nitrogens with zero attached hydrogens (tertiary/aromatic N) is 1. The lowest BCUT2D eigenvalue weighted by molar-refractivity contribution is 0.0573. The number of hydrogen-bond donors (Lipinski definition) is 1. The third-order valence-corrected chi connectivity index (χ3v) is 3.15. The number of benzene rings is 1. The molecule has 4 nitrogen and oxygen atoms in total. The Hall–Kier alpha value is -1.55. The van der Waals surface area contributed by atoms with Crippen LogP contribution in [-0.4, -0.2) is 16.2 Å². The molecule has 0 aliphatic carbocycles. The lowest BCUT2D eigenvalue weighted by Gasteiger charge is -2.11. The van der Waals surface area contributed by atoms with Crippen LogP contribution in [-0.2, 0) is 4.74 Å². The summed E-state index contributed by atoms with van der Waals surface area (Å²) >= 11 is 0. The van der Waals surface area contributed by atoms with Crippen LogP contribution in [0.4, 0.5) is 0 Å². The summed E-state index contributed by atoms with van der Waals surface area (Å²) in [5, 5.41) is 0. The van der Waals surface area contributed by atoms with E-state index in [-0.39, 0.29) is 11.9 Å². The average Bonchev–Trinajstić information content (AvgIpc) is 2.85. The molecular formula is C12H14N2O2. The Morgan fingerprint density at radius 2 is 2.38 bits per heavy atom. The summed E-state index contributed by atoms with van der Waals surface area (Å²) in [5.74, 6) is 0. The molecule has 1 atom stereocenters. The molecule has 1 fully saturated rings. The summed E-state index contributed by atoms with van der Waals surface area (Å²) < 4.78 is 7.30. The standard InChI is InChI=1S/C12H14N2O2/c1-8-4-2-5-9-11(8)13-12(15)14(9)10-6-3-7-16-10/h2,4-5,10H,3,6-7H2,1H3,(H,13,15). The minimum Gasteiger partial charge on any atom is -0.358 e. The number of para-hydroxylation sites is 1. The molecule has 4 heteroatoms. The molecule has 1 aromatic heterocycles. The average molecular weight is 218 g/mol. The maximum absolute atomic E-state index is 11.9. The molecule has 0 saturated carbocycles. The van der Waals surface area contributed by atoms with E-state index in [1.807, 2.05) is 25.1 Å². The van der Waals surface area contributed by atoms with E-state index in [0.29, 0.717) is 0 Å². The first kappa shape index (κ1) is 9.66. The van der Waals surface area contributed by atoms with E-state index >= 15 is 0 Å². The highest BCUT2D eigenvalue weighted by Crippen LogP contribution is 2.25. The predicted molar refractivity (Wildman–Crippen MR) is 61.5 cm³/mol. The molecule has 84 valence electrons. The Labute approximate surface area is 92.8 Å². The van der Waals surface area contributed by atoms with Crippen molar-refractivity contribution in [2.75, 3.05) is 6.61 Å². The summed E-state index contributed by atoms with van der Waals surface area (Å²) in [4.78, 5) is 14.8. The quantitative estimate of drug-likeness (QED) is 0.795. The number of H-pyrrole nitrogens is 1. The summed E-state index contributed by atoms with van der Waals surface area (Å²) in [7, 11) is 0. The Bertz CT molecular complexity index is 576. The lowest BCUT2D eigenvalue weighted by Crippen LogP contribution is -2.21. The smallest absolute Gasteiger partial charge is 0.328 e. The molecule has 1 aromatic carbocycles. The Kier molecular flexibility index (Phi) is 2.11. The van der Waals surface area contributed by atoms with Crippen molar-refractivity contribution in [2.24, 2.45) is 0 Å². The van der Waals surface area contributed by atoms with Crippen molar-refractivity contribution in [1.82, 2.24) is 9.55 Å². The molecule has 0 amide bonds. The number of aromatic nitrogens is 2. The molecule has 1 aliphatic rings. The van der Waals surface area contributed by atoms with Crippen LogP contribution in [0.5, 0.6) is 0 Å². The van der Waals surface area contributed by atoms with Crippen molar-refractivity contribution in [2.45, 2.75) is 26.0 Å². The van der Waals surface area contributed by atoms with Crippen molar-refractivity contribution < 1.29 is 4.74 Å². The van der Waals surface area contributed by atoms with Crippen LogP contribution < -0.4 is 5.69 Å². The van der Waals surface area contributed by atoms with Crippen molar-refractivity contribution >= 4 is 11.0 Å². The maximum Gasteiger partial charge on any atom is 0.328 e. The van der Waals surface area contributed by atoms with E-state index in [0.717, 1.165) is 36.0 Å².